The molecule has 3 rings (SSSR count). The van der Waals surface area contributed by atoms with E-state index in [-0.39, 0.29) is 39.3 Å². The second-order valence-corrected chi connectivity index (χ2v) is 6.54. The molecule has 0 aliphatic carbocycles. The molecule has 0 fully saturated rings. The Morgan fingerprint density at radius 3 is 2.15 bits per heavy atom. The predicted octanol–water partition coefficient (Wildman–Crippen LogP) is 2.28. The first kappa shape index (κ1) is 21.3. The second kappa shape index (κ2) is 7.58. The first-order valence-electron chi connectivity index (χ1n) is 7.24. The van der Waals surface area contributed by atoms with Gasteiger partial charge in [0, 0.05) is 22.0 Å². The Labute approximate surface area is 167 Å². The normalized spacial score (nSPS) is 19.1. The number of benzene rings is 2. The number of carboxylic acids is 1. The molecule has 1 heterocycles. The smallest absolute Gasteiger partial charge is 0.435 e. The maximum atomic E-state index is 13.9. The molecule has 0 saturated heterocycles. The fourth-order valence-corrected chi connectivity index (χ4v) is 3.18. The number of carboxylic acid groups (broad SMARTS) is 1. The lowest BCUT2D eigenvalue weighted by Gasteiger charge is -2.29. The second-order valence-electron chi connectivity index (χ2n) is 5.67. The number of hydrogen-bond donors (Lipinski definition) is 1. The molecule has 10 heteroatoms. The fourth-order valence-electron chi connectivity index (χ4n) is 2.65. The van der Waals surface area contributed by atoms with Gasteiger partial charge >= 0.3 is 12.1 Å². The van der Waals surface area contributed by atoms with E-state index in [2.05, 4.69) is 5.16 Å². The van der Waals surface area contributed by atoms with Gasteiger partial charge in [0.25, 0.3) is 5.60 Å². The summed E-state index contributed by atoms with van der Waals surface area (Å²) in [5.41, 5.74) is -2.60. The van der Waals surface area contributed by atoms with Crippen molar-refractivity contribution in [1.29, 1.82) is 0 Å². The van der Waals surface area contributed by atoms with E-state index in [0.29, 0.717) is 5.56 Å². The van der Waals surface area contributed by atoms with Gasteiger partial charge in [0.2, 0.25) is 0 Å². The van der Waals surface area contributed by atoms with Gasteiger partial charge in [-0.15, -0.1) is 0 Å². The lowest BCUT2D eigenvalue weighted by Crippen LogP contribution is -3.00. The van der Waals surface area contributed by atoms with Gasteiger partial charge in [-0.05, 0) is 35.9 Å². The number of alkyl halides is 3. The van der Waals surface area contributed by atoms with E-state index in [1.165, 1.54) is 30.3 Å². The molecule has 2 aromatic rings. The largest absolute Gasteiger partial charge is 1.00 e. The van der Waals surface area contributed by atoms with E-state index in [4.69, 9.17) is 33.1 Å². The number of carbonyl (C=O) groups is 1. The van der Waals surface area contributed by atoms with Gasteiger partial charge in [0.05, 0.1) is 11.3 Å². The first-order valence-corrected chi connectivity index (χ1v) is 8.00. The van der Waals surface area contributed by atoms with E-state index in [0.717, 1.165) is 12.1 Å². The minimum Gasteiger partial charge on any atom is -1.00 e. The van der Waals surface area contributed by atoms with Crippen LogP contribution in [0, 0.1) is 0 Å². The zero-order valence-corrected chi connectivity index (χ0v) is 15.5. The molecule has 0 saturated carbocycles. The number of halogens is 6. The van der Waals surface area contributed by atoms with Gasteiger partial charge in [-0.2, -0.15) is 13.2 Å². The molecule has 27 heavy (non-hydrogen) atoms. The van der Waals surface area contributed by atoms with Gasteiger partial charge in [-0.3, -0.25) is 0 Å². The van der Waals surface area contributed by atoms with Crippen molar-refractivity contribution in [3.8, 4) is 0 Å². The topological polar surface area (TPSA) is 58.9 Å². The molecule has 0 amide bonds. The highest BCUT2D eigenvalue weighted by Gasteiger charge is 2.62. The lowest BCUT2D eigenvalue weighted by atomic mass is 9.86. The van der Waals surface area contributed by atoms with E-state index in [1.54, 1.807) is 0 Å². The molecule has 1 aliphatic rings. The van der Waals surface area contributed by atoms with Crippen molar-refractivity contribution in [2.24, 2.45) is 5.16 Å². The molecular formula is C17H10Cl3F3NO3-. The zero-order chi connectivity index (χ0) is 19.1. The van der Waals surface area contributed by atoms with Crippen LogP contribution >= 0.6 is 23.2 Å². The lowest BCUT2D eigenvalue weighted by molar-refractivity contribution is -0.275. The Morgan fingerprint density at radius 2 is 1.67 bits per heavy atom. The Balaban J connectivity index is 0.00000261. The van der Waals surface area contributed by atoms with Crippen LogP contribution in [0.4, 0.5) is 13.2 Å². The number of rotatable bonds is 3. The molecule has 2 aromatic carbocycles. The van der Waals surface area contributed by atoms with Crippen molar-refractivity contribution >= 4 is 34.9 Å². The Hall–Kier alpha value is -1.96. The van der Waals surface area contributed by atoms with Crippen LogP contribution in [-0.2, 0) is 10.4 Å². The van der Waals surface area contributed by atoms with Crippen molar-refractivity contribution in [3.63, 3.8) is 0 Å². The summed E-state index contributed by atoms with van der Waals surface area (Å²) in [4.78, 5) is 15.8. The summed E-state index contributed by atoms with van der Waals surface area (Å²) in [7, 11) is 0. The highest BCUT2D eigenvalue weighted by Crippen LogP contribution is 2.49. The molecule has 0 bridgehead atoms. The van der Waals surface area contributed by atoms with Gasteiger partial charge in [-0.25, -0.2) is 4.79 Å². The van der Waals surface area contributed by atoms with Gasteiger partial charge < -0.3 is 22.4 Å². The number of oxime groups is 1. The van der Waals surface area contributed by atoms with Crippen LogP contribution in [0.5, 0.6) is 0 Å². The van der Waals surface area contributed by atoms with Crippen molar-refractivity contribution < 1.29 is 40.3 Å². The molecule has 1 atom stereocenters. The number of nitrogens with zero attached hydrogens (tertiary/aromatic N) is 1. The number of aromatic carboxylic acids is 1. The van der Waals surface area contributed by atoms with E-state index in [9.17, 15) is 18.0 Å². The quantitative estimate of drug-likeness (QED) is 0.798. The summed E-state index contributed by atoms with van der Waals surface area (Å²) >= 11 is 11.7. The summed E-state index contributed by atoms with van der Waals surface area (Å²) in [5.74, 6) is -1.14. The highest BCUT2D eigenvalue weighted by atomic mass is 35.5. The maximum absolute atomic E-state index is 13.9. The molecule has 1 aliphatic heterocycles. The molecule has 144 valence electrons. The zero-order valence-electron chi connectivity index (χ0n) is 13.2. The van der Waals surface area contributed by atoms with Gasteiger partial charge in [0.15, 0.2) is 0 Å². The summed E-state index contributed by atoms with van der Waals surface area (Å²) in [6.07, 6.45) is -5.38. The van der Waals surface area contributed by atoms with Crippen LogP contribution in [0.2, 0.25) is 10.0 Å². The third-order valence-electron chi connectivity index (χ3n) is 3.98. The molecule has 4 nitrogen and oxygen atoms in total. The minimum atomic E-state index is -4.78. The van der Waals surface area contributed by atoms with E-state index >= 15 is 0 Å². The average Bonchev–Trinajstić information content (AvgIpc) is 3.00. The average molecular weight is 440 g/mol. The molecule has 0 aromatic heterocycles. The number of hydrogen-bond acceptors (Lipinski definition) is 3. The van der Waals surface area contributed by atoms with Gasteiger partial charge in [-0.1, -0.05) is 40.5 Å². The van der Waals surface area contributed by atoms with E-state index in [1.807, 2.05) is 0 Å². The summed E-state index contributed by atoms with van der Waals surface area (Å²) in [5, 5.41) is 12.6. The van der Waals surface area contributed by atoms with Crippen LogP contribution in [0.1, 0.15) is 27.9 Å². The van der Waals surface area contributed by atoms with Gasteiger partial charge in [0.1, 0.15) is 0 Å². The van der Waals surface area contributed by atoms with Crippen LogP contribution < -0.4 is 12.4 Å². The minimum absolute atomic E-state index is 0. The molecule has 0 spiro atoms. The first-order chi connectivity index (χ1) is 12.1. The molecule has 0 radical (unpaired) electrons. The summed E-state index contributed by atoms with van der Waals surface area (Å²) in [6.45, 7) is 0. The van der Waals surface area contributed by atoms with Crippen LogP contribution in [0.3, 0.4) is 0 Å². The van der Waals surface area contributed by atoms with Crippen molar-refractivity contribution in [2.45, 2.75) is 18.2 Å². The van der Waals surface area contributed by atoms with Crippen molar-refractivity contribution in [1.82, 2.24) is 0 Å². The Kier molecular flexibility index (Phi) is 5.99. The summed E-state index contributed by atoms with van der Waals surface area (Å²) in [6, 6.07) is 8.90. The van der Waals surface area contributed by atoms with Crippen molar-refractivity contribution in [2.75, 3.05) is 0 Å². The molecule has 1 unspecified atom stereocenters. The molecular weight excluding hydrogens is 430 g/mol. The summed E-state index contributed by atoms with van der Waals surface area (Å²) < 4.78 is 41.6. The van der Waals surface area contributed by atoms with Crippen LogP contribution in [-0.4, -0.2) is 23.0 Å². The van der Waals surface area contributed by atoms with E-state index < -0.39 is 24.2 Å². The standard InChI is InChI=1S/C17H10Cl2F3NO3.ClH/c18-12-5-11(6-13(19)7-12)16(17(20,21)22)8-14(23-26-16)9-1-3-10(4-2-9)15(24)25;/h1-7H,8H2,(H,24,25);1H/p-1. The third kappa shape index (κ3) is 4.00. The van der Waals surface area contributed by atoms with Crippen molar-refractivity contribution in [3.05, 3.63) is 69.2 Å². The monoisotopic (exact) mass is 438 g/mol. The molecule has 1 N–H and O–H groups in total. The SMILES string of the molecule is O=C(O)c1ccc(C2=NOC(c3cc(Cl)cc(Cl)c3)(C(F)(F)F)C2)cc1.[Cl-]. The fraction of sp³-hybridized carbons (Fsp3) is 0.176. The third-order valence-corrected chi connectivity index (χ3v) is 4.42. The maximum Gasteiger partial charge on any atom is 0.435 e. The Morgan fingerprint density at radius 1 is 1.11 bits per heavy atom. The van der Waals surface area contributed by atoms with Crippen LogP contribution in [0.25, 0.3) is 0 Å². The highest BCUT2D eigenvalue weighted by molar-refractivity contribution is 6.34. The van der Waals surface area contributed by atoms with Crippen LogP contribution in [0.15, 0.2) is 47.6 Å². The predicted molar refractivity (Wildman–Crippen MR) is 89.8 cm³/mol. The Bertz CT molecular complexity index is 880.